The predicted octanol–water partition coefficient (Wildman–Crippen LogP) is 2.24. The Balaban J connectivity index is 1.71. The van der Waals surface area contributed by atoms with E-state index in [1.54, 1.807) is 12.7 Å². The van der Waals surface area contributed by atoms with Crippen LogP contribution < -0.4 is 5.32 Å². The third-order valence-corrected chi connectivity index (χ3v) is 4.34. The zero-order valence-corrected chi connectivity index (χ0v) is 13.3. The van der Waals surface area contributed by atoms with Gasteiger partial charge in [-0.05, 0) is 29.7 Å². The molecule has 4 rings (SSSR count). The van der Waals surface area contributed by atoms with Crippen LogP contribution in [0.25, 0.3) is 16.9 Å². The number of benzene rings is 1. The molecule has 0 bridgehead atoms. The minimum Gasteiger partial charge on any atom is -0.355 e. The lowest BCUT2D eigenvalue weighted by atomic mass is 9.95. The molecule has 1 atom stereocenters. The van der Waals surface area contributed by atoms with Gasteiger partial charge in [0.15, 0.2) is 0 Å². The fourth-order valence-corrected chi connectivity index (χ4v) is 3.07. The van der Waals surface area contributed by atoms with E-state index in [0.717, 1.165) is 29.1 Å². The molecule has 6 nitrogen and oxygen atoms in total. The Morgan fingerprint density at radius 3 is 2.58 bits per heavy atom. The fraction of sp³-hybridized carbons (Fsp3) is 0.222. The smallest absolute Gasteiger partial charge is 0.220 e. The number of hydrogen-bond acceptors (Lipinski definition) is 4. The van der Waals surface area contributed by atoms with Gasteiger partial charge in [0.05, 0.1) is 0 Å². The quantitative estimate of drug-likeness (QED) is 0.803. The van der Waals surface area contributed by atoms with E-state index in [1.165, 1.54) is 5.56 Å². The summed E-state index contributed by atoms with van der Waals surface area (Å²) in [6, 6.07) is 10.5. The Bertz CT molecular complexity index is 871. The Kier molecular flexibility index (Phi) is 3.57. The number of pyridine rings is 1. The molecule has 1 aliphatic rings. The number of nitrogens with one attached hydrogen (secondary N) is 1. The van der Waals surface area contributed by atoms with Crippen molar-refractivity contribution in [1.82, 2.24) is 25.1 Å². The van der Waals surface area contributed by atoms with Crippen LogP contribution in [0.1, 0.15) is 23.5 Å². The van der Waals surface area contributed by atoms with Crippen molar-refractivity contribution in [3.05, 3.63) is 60.3 Å². The first-order valence-corrected chi connectivity index (χ1v) is 7.89. The maximum atomic E-state index is 11.4. The highest BCUT2D eigenvalue weighted by atomic mass is 16.1. The van der Waals surface area contributed by atoms with Gasteiger partial charge in [-0.1, -0.05) is 24.3 Å². The lowest BCUT2D eigenvalue weighted by Gasteiger charge is -2.12. The summed E-state index contributed by atoms with van der Waals surface area (Å²) in [5, 5.41) is 10.6. The van der Waals surface area contributed by atoms with Gasteiger partial charge in [0.1, 0.15) is 18.5 Å². The zero-order chi connectivity index (χ0) is 16.5. The van der Waals surface area contributed by atoms with Crippen LogP contribution in [-0.2, 0) is 4.79 Å². The van der Waals surface area contributed by atoms with Crippen LogP contribution in [0, 0.1) is 6.92 Å². The molecule has 1 aromatic carbocycles. The molecule has 0 spiro atoms. The second kappa shape index (κ2) is 5.88. The first kappa shape index (κ1) is 14.6. The Labute approximate surface area is 139 Å². The van der Waals surface area contributed by atoms with Crippen molar-refractivity contribution in [3.8, 4) is 16.9 Å². The number of rotatable bonds is 3. The van der Waals surface area contributed by atoms with Crippen molar-refractivity contribution in [1.29, 1.82) is 0 Å². The number of carbonyl (C=O) groups is 1. The van der Waals surface area contributed by atoms with Gasteiger partial charge >= 0.3 is 0 Å². The third-order valence-electron chi connectivity index (χ3n) is 4.34. The van der Waals surface area contributed by atoms with Crippen LogP contribution >= 0.6 is 0 Å². The lowest BCUT2D eigenvalue weighted by Crippen LogP contribution is -2.13. The van der Waals surface area contributed by atoms with Gasteiger partial charge in [-0.2, -0.15) is 0 Å². The topological polar surface area (TPSA) is 72.7 Å². The number of hydrogen-bond donors (Lipinski definition) is 1. The van der Waals surface area contributed by atoms with E-state index in [1.807, 2.05) is 17.7 Å². The zero-order valence-electron chi connectivity index (χ0n) is 13.3. The largest absolute Gasteiger partial charge is 0.355 e. The van der Waals surface area contributed by atoms with Gasteiger partial charge in [-0.25, -0.2) is 4.98 Å². The molecule has 1 saturated heterocycles. The minimum absolute atomic E-state index is 0.127. The average molecular weight is 319 g/mol. The first-order chi connectivity index (χ1) is 11.7. The van der Waals surface area contributed by atoms with E-state index >= 15 is 0 Å². The third kappa shape index (κ3) is 2.67. The normalized spacial score (nSPS) is 17.0. The number of carbonyl (C=O) groups excluding carboxylic acids is 1. The van der Waals surface area contributed by atoms with E-state index < -0.39 is 0 Å². The maximum Gasteiger partial charge on any atom is 0.220 e. The van der Waals surface area contributed by atoms with E-state index in [2.05, 4.69) is 50.8 Å². The monoisotopic (exact) mass is 319 g/mol. The van der Waals surface area contributed by atoms with E-state index in [0.29, 0.717) is 6.42 Å². The standard InChI is InChI=1S/C18H17N5O/c1-12-6-16(18(20-8-12)23-10-21-22-11-23)14-4-2-13(3-5-14)15-7-17(24)19-9-15/h2-6,8,10-11,15H,7,9H2,1H3,(H,19,24). The molecule has 6 heteroatoms. The number of aryl methyl sites for hydroxylation is 1. The van der Waals surface area contributed by atoms with Crippen LogP contribution in [0.15, 0.2) is 49.2 Å². The molecule has 2 aromatic heterocycles. The molecule has 1 amide bonds. The van der Waals surface area contributed by atoms with Crippen molar-refractivity contribution in [2.45, 2.75) is 19.3 Å². The van der Waals surface area contributed by atoms with Gasteiger partial charge in [0.2, 0.25) is 5.91 Å². The molecule has 1 N–H and O–H groups in total. The van der Waals surface area contributed by atoms with E-state index in [4.69, 9.17) is 0 Å². The Morgan fingerprint density at radius 2 is 1.92 bits per heavy atom. The molecule has 1 fully saturated rings. The minimum atomic E-state index is 0.127. The van der Waals surface area contributed by atoms with Crippen LogP contribution in [0.4, 0.5) is 0 Å². The predicted molar refractivity (Wildman–Crippen MR) is 89.7 cm³/mol. The SMILES string of the molecule is Cc1cnc(-n2cnnc2)c(-c2ccc(C3CNC(=O)C3)cc2)c1. The molecule has 0 radical (unpaired) electrons. The number of amides is 1. The highest BCUT2D eigenvalue weighted by Gasteiger charge is 2.22. The summed E-state index contributed by atoms with van der Waals surface area (Å²) in [7, 11) is 0. The summed E-state index contributed by atoms with van der Waals surface area (Å²) in [5.41, 5.74) is 4.39. The van der Waals surface area contributed by atoms with Crippen molar-refractivity contribution in [2.24, 2.45) is 0 Å². The van der Waals surface area contributed by atoms with Crippen LogP contribution in [0.3, 0.4) is 0 Å². The Morgan fingerprint density at radius 1 is 1.17 bits per heavy atom. The summed E-state index contributed by atoms with van der Waals surface area (Å²) in [4.78, 5) is 15.9. The second-order valence-corrected chi connectivity index (χ2v) is 6.08. The molecule has 3 aromatic rings. The summed E-state index contributed by atoms with van der Waals surface area (Å²) < 4.78 is 1.81. The van der Waals surface area contributed by atoms with Crippen LogP contribution in [0.5, 0.6) is 0 Å². The van der Waals surface area contributed by atoms with Gasteiger partial charge in [-0.3, -0.25) is 9.36 Å². The first-order valence-electron chi connectivity index (χ1n) is 7.89. The Hall–Kier alpha value is -3.02. The van der Waals surface area contributed by atoms with Gasteiger partial charge in [0.25, 0.3) is 0 Å². The average Bonchev–Trinajstić information content (AvgIpc) is 3.27. The molecule has 0 aliphatic carbocycles. The van der Waals surface area contributed by atoms with Crippen molar-refractivity contribution in [2.75, 3.05) is 6.54 Å². The molecule has 0 saturated carbocycles. The molecule has 1 aliphatic heterocycles. The van der Waals surface area contributed by atoms with Crippen LogP contribution in [-0.4, -0.2) is 32.2 Å². The molecule has 1 unspecified atom stereocenters. The highest BCUT2D eigenvalue weighted by molar-refractivity contribution is 5.79. The molecule has 24 heavy (non-hydrogen) atoms. The molecule has 3 heterocycles. The van der Waals surface area contributed by atoms with Gasteiger partial charge in [-0.15, -0.1) is 10.2 Å². The lowest BCUT2D eigenvalue weighted by molar-refractivity contribution is -0.119. The summed E-state index contributed by atoms with van der Waals surface area (Å²) in [5.74, 6) is 1.19. The summed E-state index contributed by atoms with van der Waals surface area (Å²) in [6.07, 6.45) is 5.69. The van der Waals surface area contributed by atoms with Crippen molar-refractivity contribution >= 4 is 5.91 Å². The van der Waals surface area contributed by atoms with E-state index in [-0.39, 0.29) is 11.8 Å². The fourth-order valence-electron chi connectivity index (χ4n) is 3.07. The summed E-state index contributed by atoms with van der Waals surface area (Å²) in [6.45, 7) is 2.74. The molecular weight excluding hydrogens is 302 g/mol. The highest BCUT2D eigenvalue weighted by Crippen LogP contribution is 2.29. The summed E-state index contributed by atoms with van der Waals surface area (Å²) >= 11 is 0. The van der Waals surface area contributed by atoms with Crippen LogP contribution in [0.2, 0.25) is 0 Å². The van der Waals surface area contributed by atoms with Crippen molar-refractivity contribution < 1.29 is 4.79 Å². The molecular formula is C18H17N5O. The molecule has 120 valence electrons. The van der Waals surface area contributed by atoms with Gasteiger partial charge in [0, 0.05) is 30.6 Å². The number of nitrogens with zero attached hydrogens (tertiary/aromatic N) is 4. The second-order valence-electron chi connectivity index (χ2n) is 6.08. The maximum absolute atomic E-state index is 11.4. The number of aromatic nitrogens is 4. The van der Waals surface area contributed by atoms with Gasteiger partial charge < -0.3 is 5.32 Å². The van der Waals surface area contributed by atoms with Crippen molar-refractivity contribution in [3.63, 3.8) is 0 Å². The van der Waals surface area contributed by atoms with E-state index in [9.17, 15) is 4.79 Å².